The van der Waals surface area contributed by atoms with Crippen molar-refractivity contribution < 1.29 is 19.0 Å². The van der Waals surface area contributed by atoms with Crippen LogP contribution in [0.25, 0.3) is 0 Å². The maximum atomic E-state index is 12.3. The van der Waals surface area contributed by atoms with Crippen LogP contribution in [-0.2, 0) is 22.6 Å². The molecule has 2 aromatic rings. The van der Waals surface area contributed by atoms with Gasteiger partial charge in [0.15, 0.2) is 0 Å². The van der Waals surface area contributed by atoms with E-state index in [1.807, 2.05) is 48.5 Å². The third kappa shape index (κ3) is 5.86. The summed E-state index contributed by atoms with van der Waals surface area (Å²) in [4.78, 5) is 14.0. The van der Waals surface area contributed by atoms with Crippen molar-refractivity contribution in [1.82, 2.24) is 10.2 Å². The van der Waals surface area contributed by atoms with Crippen LogP contribution in [0.3, 0.4) is 0 Å². The van der Waals surface area contributed by atoms with E-state index < -0.39 is 0 Å². The Bertz CT molecular complexity index is 772. The Kier molecular flexibility index (Phi) is 7.54. The van der Waals surface area contributed by atoms with Crippen molar-refractivity contribution in [2.45, 2.75) is 19.3 Å². The van der Waals surface area contributed by atoms with E-state index in [0.29, 0.717) is 43.6 Å². The van der Waals surface area contributed by atoms with E-state index in [0.717, 1.165) is 11.1 Å². The van der Waals surface area contributed by atoms with Crippen LogP contribution >= 0.6 is 11.6 Å². The molecule has 1 saturated heterocycles. The number of nitrogens with zero attached hydrogens (tertiary/aromatic N) is 1. The normalized spacial score (nSPS) is 16.6. The van der Waals surface area contributed by atoms with Gasteiger partial charge in [0.2, 0.25) is 0 Å². The van der Waals surface area contributed by atoms with Gasteiger partial charge >= 0.3 is 6.09 Å². The topological polar surface area (TPSA) is 60.0 Å². The van der Waals surface area contributed by atoms with Crippen molar-refractivity contribution in [3.8, 4) is 5.75 Å². The second-order valence-electron chi connectivity index (χ2n) is 6.58. The quantitative estimate of drug-likeness (QED) is 0.765. The Morgan fingerprint density at radius 1 is 1.25 bits per heavy atom. The van der Waals surface area contributed by atoms with Crippen molar-refractivity contribution >= 4 is 17.7 Å². The molecule has 0 spiro atoms. The number of hydrogen-bond donors (Lipinski definition) is 1. The number of halogens is 1. The largest absolute Gasteiger partial charge is 0.495 e. The van der Waals surface area contributed by atoms with E-state index in [-0.39, 0.29) is 18.8 Å². The first kappa shape index (κ1) is 20.5. The molecule has 3 rings (SSSR count). The molecule has 6 nitrogen and oxygen atoms in total. The summed E-state index contributed by atoms with van der Waals surface area (Å²) < 4.78 is 16.3. The van der Waals surface area contributed by atoms with Gasteiger partial charge in [0.25, 0.3) is 0 Å². The van der Waals surface area contributed by atoms with E-state index in [1.54, 1.807) is 12.0 Å². The van der Waals surface area contributed by atoms with E-state index in [9.17, 15) is 4.79 Å². The van der Waals surface area contributed by atoms with Crippen LogP contribution in [0.1, 0.15) is 11.1 Å². The number of methoxy groups -OCH3 is 1. The van der Waals surface area contributed by atoms with Crippen LogP contribution in [0.5, 0.6) is 5.75 Å². The zero-order chi connectivity index (χ0) is 19.8. The fourth-order valence-electron chi connectivity index (χ4n) is 3.02. The summed E-state index contributed by atoms with van der Waals surface area (Å²) in [6.07, 6.45) is -0.383. The van der Waals surface area contributed by atoms with Gasteiger partial charge in [-0.2, -0.15) is 0 Å². The fraction of sp³-hybridized carbons (Fsp3) is 0.381. The van der Waals surface area contributed by atoms with E-state index in [4.69, 9.17) is 25.8 Å². The van der Waals surface area contributed by atoms with Crippen LogP contribution < -0.4 is 10.1 Å². The Balaban J connectivity index is 1.41. The van der Waals surface area contributed by atoms with Gasteiger partial charge in [-0.3, -0.25) is 0 Å². The van der Waals surface area contributed by atoms with Gasteiger partial charge in [0.1, 0.15) is 12.4 Å². The van der Waals surface area contributed by atoms with Gasteiger partial charge in [0.05, 0.1) is 31.4 Å². The number of ether oxygens (including phenoxy) is 3. The number of carbonyl (C=O) groups is 1. The van der Waals surface area contributed by atoms with Crippen molar-refractivity contribution in [1.29, 1.82) is 0 Å². The molecule has 150 valence electrons. The molecule has 0 bridgehead atoms. The average Bonchev–Trinajstić information content (AvgIpc) is 2.73. The summed E-state index contributed by atoms with van der Waals surface area (Å²) in [5.74, 6) is 0.658. The van der Waals surface area contributed by atoms with Crippen LogP contribution in [0, 0.1) is 0 Å². The molecular weight excluding hydrogens is 380 g/mol. The lowest BCUT2D eigenvalue weighted by atomic mass is 10.2. The molecule has 2 aromatic carbocycles. The molecule has 1 unspecified atom stereocenters. The lowest BCUT2D eigenvalue weighted by Gasteiger charge is -2.32. The Morgan fingerprint density at radius 2 is 2.07 bits per heavy atom. The molecule has 1 N–H and O–H groups in total. The van der Waals surface area contributed by atoms with Gasteiger partial charge in [-0.05, 0) is 23.3 Å². The molecule has 7 heteroatoms. The van der Waals surface area contributed by atoms with Gasteiger partial charge in [-0.25, -0.2) is 4.79 Å². The Hall–Kier alpha value is -2.28. The third-order valence-electron chi connectivity index (χ3n) is 4.52. The summed E-state index contributed by atoms with van der Waals surface area (Å²) in [5.41, 5.74) is 2.03. The number of rotatable bonds is 7. The van der Waals surface area contributed by atoms with E-state index in [1.165, 1.54) is 0 Å². The molecule has 0 aliphatic carbocycles. The first-order valence-corrected chi connectivity index (χ1v) is 9.64. The molecule has 0 aromatic heterocycles. The molecule has 0 saturated carbocycles. The highest BCUT2D eigenvalue weighted by Gasteiger charge is 2.25. The summed E-state index contributed by atoms with van der Waals surface area (Å²) >= 11 is 6.15. The highest BCUT2D eigenvalue weighted by molar-refractivity contribution is 6.32. The minimum Gasteiger partial charge on any atom is -0.495 e. The van der Waals surface area contributed by atoms with Gasteiger partial charge in [0, 0.05) is 19.6 Å². The summed E-state index contributed by atoms with van der Waals surface area (Å²) in [6, 6.07) is 15.3. The molecule has 1 atom stereocenters. The lowest BCUT2D eigenvalue weighted by molar-refractivity contribution is -0.0271. The van der Waals surface area contributed by atoms with Crippen LogP contribution in [0.15, 0.2) is 48.5 Å². The van der Waals surface area contributed by atoms with Gasteiger partial charge < -0.3 is 24.4 Å². The predicted molar refractivity (Wildman–Crippen MR) is 108 cm³/mol. The third-order valence-corrected chi connectivity index (χ3v) is 4.81. The highest BCUT2D eigenvalue weighted by Crippen LogP contribution is 2.24. The summed E-state index contributed by atoms with van der Waals surface area (Å²) in [6.45, 7) is 3.11. The zero-order valence-electron chi connectivity index (χ0n) is 15.9. The number of morpholine rings is 1. The van der Waals surface area contributed by atoms with E-state index >= 15 is 0 Å². The van der Waals surface area contributed by atoms with Gasteiger partial charge in [-0.15, -0.1) is 0 Å². The highest BCUT2D eigenvalue weighted by atomic mass is 35.5. The fourth-order valence-corrected chi connectivity index (χ4v) is 3.30. The molecule has 1 fully saturated rings. The average molecular weight is 405 g/mol. The van der Waals surface area contributed by atoms with Crippen LogP contribution in [-0.4, -0.2) is 50.4 Å². The lowest BCUT2D eigenvalue weighted by Crippen LogP contribution is -2.49. The number of hydrogen-bond acceptors (Lipinski definition) is 5. The monoisotopic (exact) mass is 404 g/mol. The second kappa shape index (κ2) is 10.3. The number of benzene rings is 2. The zero-order valence-corrected chi connectivity index (χ0v) is 16.7. The summed E-state index contributed by atoms with van der Waals surface area (Å²) in [5, 5.41) is 3.94. The SMILES string of the molecule is COc1ccc(CNCC2CN(C(=O)OCc3ccccc3)CCO2)cc1Cl. The van der Waals surface area contributed by atoms with Gasteiger partial charge in [-0.1, -0.05) is 48.0 Å². The molecule has 28 heavy (non-hydrogen) atoms. The minimum atomic E-state index is -0.306. The minimum absolute atomic E-state index is 0.0771. The van der Waals surface area contributed by atoms with Crippen molar-refractivity contribution in [3.63, 3.8) is 0 Å². The van der Waals surface area contributed by atoms with Crippen molar-refractivity contribution in [3.05, 3.63) is 64.7 Å². The van der Waals surface area contributed by atoms with E-state index in [2.05, 4.69) is 5.32 Å². The smallest absolute Gasteiger partial charge is 0.410 e. The number of carbonyl (C=O) groups excluding carboxylic acids is 1. The molecule has 1 aliphatic heterocycles. The van der Waals surface area contributed by atoms with Crippen molar-refractivity contribution in [2.24, 2.45) is 0 Å². The standard InChI is InChI=1S/C21H25ClN2O4/c1-26-20-8-7-17(11-19(20)22)12-23-13-18-14-24(9-10-27-18)21(25)28-15-16-5-3-2-4-6-16/h2-8,11,18,23H,9-10,12-15H2,1H3. The summed E-state index contributed by atoms with van der Waals surface area (Å²) in [7, 11) is 1.59. The predicted octanol–water partition coefficient (Wildman–Crippen LogP) is 3.48. The maximum Gasteiger partial charge on any atom is 0.410 e. The molecule has 0 radical (unpaired) electrons. The maximum absolute atomic E-state index is 12.3. The molecular formula is C21H25ClN2O4. The molecule has 1 aliphatic rings. The molecule has 1 amide bonds. The number of nitrogens with one attached hydrogen (secondary N) is 1. The van der Waals surface area contributed by atoms with Crippen molar-refractivity contribution in [2.75, 3.05) is 33.4 Å². The number of amides is 1. The first-order chi connectivity index (χ1) is 13.7. The van der Waals surface area contributed by atoms with Crippen LogP contribution in [0.4, 0.5) is 4.79 Å². The first-order valence-electron chi connectivity index (χ1n) is 9.26. The molecule has 1 heterocycles. The van der Waals surface area contributed by atoms with Crippen LogP contribution in [0.2, 0.25) is 5.02 Å². The Labute approximate surface area is 170 Å². The second-order valence-corrected chi connectivity index (χ2v) is 6.99. The Morgan fingerprint density at radius 3 is 2.82 bits per heavy atom.